The number of hydrogen-bond acceptors (Lipinski definition) is 4. The number of rotatable bonds is 6. The van der Waals surface area contributed by atoms with Gasteiger partial charge in [-0.25, -0.2) is 0 Å². The highest BCUT2D eigenvalue weighted by atomic mass is 32.2. The maximum Gasteiger partial charge on any atom is 0.402 e. The fourth-order valence-electron chi connectivity index (χ4n) is 0.969. The molecule has 0 aliphatic carbocycles. The zero-order valence-corrected chi connectivity index (χ0v) is 10.9. The summed E-state index contributed by atoms with van der Waals surface area (Å²) in [6.07, 6.45) is -4.67. The summed E-state index contributed by atoms with van der Waals surface area (Å²) in [5.41, 5.74) is 0. The van der Waals surface area contributed by atoms with E-state index in [1.165, 1.54) is 18.6 Å². The highest BCUT2D eigenvalue weighted by Gasteiger charge is 2.32. The summed E-state index contributed by atoms with van der Waals surface area (Å²) in [6.45, 7) is 1.33. The fraction of sp³-hybridized carbons (Fsp3) is 0.875. The quantitative estimate of drug-likeness (QED) is 0.684. The summed E-state index contributed by atoms with van der Waals surface area (Å²) in [4.78, 5) is 11.2. The molecule has 2 N–H and O–H groups in total. The average Bonchev–Trinajstić information content (AvgIpc) is 2.21. The maximum atomic E-state index is 11.9. The van der Waals surface area contributed by atoms with Gasteiger partial charge in [0.1, 0.15) is 12.6 Å². The normalized spacial score (nSPS) is 14.6. The van der Waals surface area contributed by atoms with Crippen molar-refractivity contribution in [3.63, 3.8) is 0 Å². The van der Waals surface area contributed by atoms with Crippen LogP contribution in [-0.4, -0.2) is 40.3 Å². The Morgan fingerprint density at radius 3 is 2.17 bits per heavy atom. The molecule has 6 nitrogen and oxygen atoms in total. The van der Waals surface area contributed by atoms with Gasteiger partial charge in [0.15, 0.2) is 0 Å². The van der Waals surface area contributed by atoms with Crippen LogP contribution in [0.3, 0.4) is 0 Å². The molecule has 0 fully saturated rings. The second-order valence-electron chi connectivity index (χ2n) is 3.80. The van der Waals surface area contributed by atoms with Crippen LogP contribution in [0.2, 0.25) is 0 Å². The second-order valence-corrected chi connectivity index (χ2v) is 5.33. The first-order valence-electron chi connectivity index (χ1n) is 4.90. The summed E-state index contributed by atoms with van der Waals surface area (Å²) in [6, 6.07) is -1.25. The van der Waals surface area contributed by atoms with Crippen LogP contribution in [-0.2, 0) is 19.7 Å². The number of methoxy groups -OCH3 is 1. The molecule has 0 rings (SSSR count). The third-order valence-electron chi connectivity index (χ3n) is 1.87. The standard InChI is InChI=1S/C8H15F3N2O4S/c1-5(2)6(7(14)17-3)13-18(15,16)12-4-8(9,10)11/h5-6,12-13H,4H2,1-3H3. The fourth-order valence-corrected chi connectivity index (χ4v) is 2.11. The highest BCUT2D eigenvalue weighted by Crippen LogP contribution is 2.13. The third kappa shape index (κ3) is 6.77. The third-order valence-corrected chi connectivity index (χ3v) is 2.96. The van der Waals surface area contributed by atoms with Crippen molar-refractivity contribution in [1.29, 1.82) is 0 Å². The van der Waals surface area contributed by atoms with Gasteiger partial charge in [0.2, 0.25) is 0 Å². The van der Waals surface area contributed by atoms with Crippen LogP contribution in [0, 0.1) is 5.92 Å². The van der Waals surface area contributed by atoms with E-state index in [0.29, 0.717) is 0 Å². The lowest BCUT2D eigenvalue weighted by Gasteiger charge is -2.20. The van der Waals surface area contributed by atoms with Crippen molar-refractivity contribution in [2.75, 3.05) is 13.7 Å². The van der Waals surface area contributed by atoms with Gasteiger partial charge in [0.25, 0.3) is 10.2 Å². The summed E-state index contributed by atoms with van der Waals surface area (Å²) in [5.74, 6) is -1.35. The van der Waals surface area contributed by atoms with Gasteiger partial charge in [-0.1, -0.05) is 13.8 Å². The molecule has 0 aromatic heterocycles. The molecule has 18 heavy (non-hydrogen) atoms. The molecule has 0 saturated heterocycles. The molecule has 0 aliphatic rings. The molecular weight excluding hydrogens is 277 g/mol. The Morgan fingerprint density at radius 2 is 1.83 bits per heavy atom. The van der Waals surface area contributed by atoms with Gasteiger partial charge in [-0.05, 0) is 5.92 Å². The lowest BCUT2D eigenvalue weighted by molar-refractivity contribution is -0.143. The summed E-state index contributed by atoms with van der Waals surface area (Å²) in [7, 11) is -3.38. The van der Waals surface area contributed by atoms with Crippen molar-refractivity contribution in [3.05, 3.63) is 0 Å². The minimum absolute atomic E-state index is 0.472. The lowest BCUT2D eigenvalue weighted by atomic mass is 10.1. The van der Waals surface area contributed by atoms with Gasteiger partial charge in [0.05, 0.1) is 7.11 Å². The molecule has 1 atom stereocenters. The minimum atomic E-state index is -4.67. The first-order chi connectivity index (χ1) is 7.98. The van der Waals surface area contributed by atoms with E-state index >= 15 is 0 Å². The molecule has 0 saturated carbocycles. The second kappa shape index (κ2) is 6.34. The predicted octanol–water partition coefficient (Wildman–Crippen LogP) is 0.170. The van der Waals surface area contributed by atoms with Crippen LogP contribution in [0.25, 0.3) is 0 Å². The number of halogens is 3. The summed E-state index contributed by atoms with van der Waals surface area (Å²) >= 11 is 0. The van der Waals surface area contributed by atoms with Gasteiger partial charge in [-0.15, -0.1) is 0 Å². The zero-order chi connectivity index (χ0) is 14.6. The number of hydrogen-bond donors (Lipinski definition) is 2. The van der Waals surface area contributed by atoms with E-state index in [1.54, 1.807) is 4.72 Å². The smallest absolute Gasteiger partial charge is 0.402 e. The van der Waals surface area contributed by atoms with Crippen molar-refractivity contribution >= 4 is 16.2 Å². The molecule has 0 aliphatic heterocycles. The Hall–Kier alpha value is -0.870. The van der Waals surface area contributed by atoms with Crippen LogP contribution >= 0.6 is 0 Å². The first-order valence-corrected chi connectivity index (χ1v) is 6.38. The monoisotopic (exact) mass is 292 g/mol. The van der Waals surface area contributed by atoms with E-state index in [0.717, 1.165) is 7.11 Å². The molecule has 0 aromatic carbocycles. The Labute approximate surface area is 103 Å². The maximum absolute atomic E-state index is 11.9. The Morgan fingerprint density at radius 1 is 1.33 bits per heavy atom. The molecule has 0 aromatic rings. The Balaban J connectivity index is 4.67. The van der Waals surface area contributed by atoms with Gasteiger partial charge < -0.3 is 4.74 Å². The van der Waals surface area contributed by atoms with Crippen LogP contribution < -0.4 is 9.44 Å². The van der Waals surface area contributed by atoms with Crippen molar-refractivity contribution in [3.8, 4) is 0 Å². The zero-order valence-electron chi connectivity index (χ0n) is 10.0. The average molecular weight is 292 g/mol. The van der Waals surface area contributed by atoms with E-state index in [9.17, 15) is 26.4 Å². The van der Waals surface area contributed by atoms with Crippen LogP contribution in [0.5, 0.6) is 0 Å². The number of ether oxygens (including phenoxy) is 1. The molecule has 108 valence electrons. The number of carbonyl (C=O) groups is 1. The van der Waals surface area contributed by atoms with Gasteiger partial charge in [-0.2, -0.15) is 31.0 Å². The van der Waals surface area contributed by atoms with E-state index in [-0.39, 0.29) is 0 Å². The van der Waals surface area contributed by atoms with Crippen molar-refractivity contribution in [2.45, 2.75) is 26.1 Å². The number of carbonyl (C=O) groups excluding carboxylic acids is 1. The first kappa shape index (κ1) is 17.1. The van der Waals surface area contributed by atoms with E-state index in [1.807, 2.05) is 0 Å². The predicted molar refractivity (Wildman–Crippen MR) is 56.8 cm³/mol. The topological polar surface area (TPSA) is 84.5 Å². The molecule has 0 spiro atoms. The number of esters is 1. The van der Waals surface area contributed by atoms with E-state index in [2.05, 4.69) is 4.74 Å². The van der Waals surface area contributed by atoms with Crippen LogP contribution in [0.4, 0.5) is 13.2 Å². The lowest BCUT2D eigenvalue weighted by Crippen LogP contribution is -2.50. The van der Waals surface area contributed by atoms with Crippen LogP contribution in [0.1, 0.15) is 13.8 Å². The SMILES string of the molecule is COC(=O)C(NS(=O)(=O)NCC(F)(F)F)C(C)C. The molecule has 0 heterocycles. The molecule has 0 bridgehead atoms. The molecule has 0 amide bonds. The Bertz CT molecular complexity index is 380. The van der Waals surface area contributed by atoms with Crippen molar-refractivity contribution < 1.29 is 31.1 Å². The highest BCUT2D eigenvalue weighted by molar-refractivity contribution is 7.87. The van der Waals surface area contributed by atoms with E-state index in [4.69, 9.17) is 0 Å². The molecular formula is C8H15F3N2O4S. The van der Waals surface area contributed by atoms with Crippen molar-refractivity contribution in [1.82, 2.24) is 9.44 Å². The molecule has 1 unspecified atom stereocenters. The van der Waals surface area contributed by atoms with Crippen molar-refractivity contribution in [2.24, 2.45) is 5.92 Å². The van der Waals surface area contributed by atoms with Crippen LogP contribution in [0.15, 0.2) is 0 Å². The molecule has 0 radical (unpaired) electrons. The largest absolute Gasteiger partial charge is 0.468 e. The molecule has 10 heteroatoms. The van der Waals surface area contributed by atoms with Gasteiger partial charge in [-0.3, -0.25) is 4.79 Å². The number of nitrogens with one attached hydrogen (secondary N) is 2. The Kier molecular flexibility index (Phi) is 6.04. The van der Waals surface area contributed by atoms with Gasteiger partial charge in [0, 0.05) is 0 Å². The minimum Gasteiger partial charge on any atom is -0.468 e. The summed E-state index contributed by atoms with van der Waals surface area (Å²) < 4.78 is 65.6. The van der Waals surface area contributed by atoms with Gasteiger partial charge >= 0.3 is 12.1 Å². The number of alkyl halides is 3. The van der Waals surface area contributed by atoms with E-state index < -0.39 is 40.9 Å². The summed E-state index contributed by atoms with van der Waals surface area (Å²) in [5, 5.41) is 0.